The summed E-state index contributed by atoms with van der Waals surface area (Å²) in [5, 5.41) is 9.28. The van der Waals surface area contributed by atoms with Gasteiger partial charge in [0.2, 0.25) is 0 Å². The molecule has 0 fully saturated rings. The number of methoxy groups -OCH3 is 2. The van der Waals surface area contributed by atoms with Crippen LogP contribution in [-0.2, 0) is 17.8 Å². The lowest BCUT2D eigenvalue weighted by molar-refractivity contribution is -0.186. The lowest BCUT2D eigenvalue weighted by Crippen LogP contribution is -2.41. The van der Waals surface area contributed by atoms with Crippen LogP contribution in [0.1, 0.15) is 11.1 Å². The summed E-state index contributed by atoms with van der Waals surface area (Å²) in [5.41, 5.74) is 1.19. The van der Waals surface area contributed by atoms with Crippen LogP contribution in [0.25, 0.3) is 0 Å². The van der Waals surface area contributed by atoms with Gasteiger partial charge in [-0.15, -0.1) is 0 Å². The second-order valence-electron chi connectivity index (χ2n) is 5.83. The van der Waals surface area contributed by atoms with Crippen LogP contribution in [0, 0.1) is 0 Å². The van der Waals surface area contributed by atoms with Crippen LogP contribution >= 0.6 is 0 Å². The molecule has 0 radical (unpaired) electrons. The molecule has 5 nitrogen and oxygen atoms in total. The van der Waals surface area contributed by atoms with Gasteiger partial charge in [-0.25, -0.2) is 0 Å². The number of hydrogen-bond acceptors (Lipinski definition) is 4. The Morgan fingerprint density at radius 2 is 1.59 bits per heavy atom. The van der Waals surface area contributed by atoms with Crippen LogP contribution in [0.2, 0.25) is 0 Å². The van der Waals surface area contributed by atoms with Crippen molar-refractivity contribution in [2.75, 3.05) is 20.8 Å². The monoisotopic (exact) mass is 383 g/mol. The predicted molar refractivity (Wildman–Crippen MR) is 92.8 cm³/mol. The fourth-order valence-electron chi connectivity index (χ4n) is 2.56. The van der Waals surface area contributed by atoms with Gasteiger partial charge in [-0.1, -0.05) is 18.2 Å². The zero-order valence-corrected chi connectivity index (χ0v) is 14.9. The highest BCUT2D eigenvalue weighted by atomic mass is 19.4. The lowest BCUT2D eigenvalue weighted by Gasteiger charge is -2.24. The minimum Gasteiger partial charge on any atom is -0.508 e. The average molecular weight is 383 g/mol. The second-order valence-corrected chi connectivity index (χ2v) is 5.83. The maximum absolute atomic E-state index is 13.0. The first-order valence-corrected chi connectivity index (χ1v) is 8.09. The SMILES string of the molecule is COc1ccc(CN(CCc2ccc(O)cc2)C(=O)C(F)(F)F)cc1OC. The third-order valence-corrected chi connectivity index (χ3v) is 3.96. The summed E-state index contributed by atoms with van der Waals surface area (Å²) in [6.45, 7) is -0.353. The number of rotatable bonds is 7. The van der Waals surface area contributed by atoms with Crippen LogP contribution < -0.4 is 9.47 Å². The van der Waals surface area contributed by atoms with Crippen LogP contribution in [0.5, 0.6) is 17.2 Å². The predicted octanol–water partition coefficient (Wildman–Crippen LogP) is 3.54. The fraction of sp³-hybridized carbons (Fsp3) is 0.316. The first-order valence-electron chi connectivity index (χ1n) is 8.09. The van der Waals surface area contributed by atoms with Crippen LogP contribution in [-0.4, -0.2) is 42.9 Å². The zero-order chi connectivity index (χ0) is 20.0. The van der Waals surface area contributed by atoms with E-state index in [1.807, 2.05) is 0 Å². The molecule has 1 N–H and O–H groups in total. The lowest BCUT2D eigenvalue weighted by atomic mass is 10.1. The molecule has 1 amide bonds. The Morgan fingerprint density at radius 1 is 1.00 bits per heavy atom. The van der Waals surface area contributed by atoms with E-state index < -0.39 is 12.1 Å². The molecular formula is C19H20F3NO4. The summed E-state index contributed by atoms with van der Waals surface area (Å²) in [4.78, 5) is 12.6. The number of aromatic hydroxyl groups is 1. The number of ether oxygens (including phenoxy) is 2. The van der Waals surface area contributed by atoms with Crippen molar-refractivity contribution >= 4 is 5.91 Å². The number of hydrogen-bond donors (Lipinski definition) is 1. The molecule has 2 aromatic rings. The van der Waals surface area contributed by atoms with E-state index in [4.69, 9.17) is 9.47 Å². The van der Waals surface area contributed by atoms with Crippen molar-refractivity contribution in [1.29, 1.82) is 0 Å². The summed E-state index contributed by atoms with van der Waals surface area (Å²) in [6.07, 6.45) is -4.75. The summed E-state index contributed by atoms with van der Waals surface area (Å²) in [5.74, 6) is -1.03. The highest BCUT2D eigenvalue weighted by Gasteiger charge is 2.42. The molecular weight excluding hydrogens is 363 g/mol. The van der Waals surface area contributed by atoms with Crippen molar-refractivity contribution < 1.29 is 32.5 Å². The average Bonchev–Trinajstić information content (AvgIpc) is 2.64. The van der Waals surface area contributed by atoms with Crippen molar-refractivity contribution in [2.24, 2.45) is 0 Å². The molecule has 0 bridgehead atoms. The van der Waals surface area contributed by atoms with Gasteiger partial charge in [0.15, 0.2) is 11.5 Å². The molecule has 8 heteroatoms. The Bertz CT molecular complexity index is 776. The molecule has 0 aliphatic rings. The molecule has 0 saturated carbocycles. The Kier molecular flexibility index (Phi) is 6.55. The second kappa shape index (κ2) is 8.66. The van der Waals surface area contributed by atoms with E-state index in [1.165, 1.54) is 32.4 Å². The fourth-order valence-corrected chi connectivity index (χ4v) is 2.56. The molecule has 0 aliphatic heterocycles. The topological polar surface area (TPSA) is 59.0 Å². The van der Waals surface area contributed by atoms with Crippen molar-refractivity contribution in [3.8, 4) is 17.2 Å². The third-order valence-electron chi connectivity index (χ3n) is 3.96. The number of halogens is 3. The van der Waals surface area contributed by atoms with Gasteiger partial charge in [-0.2, -0.15) is 13.2 Å². The van der Waals surface area contributed by atoms with E-state index in [9.17, 15) is 23.1 Å². The van der Waals surface area contributed by atoms with Crippen molar-refractivity contribution in [3.63, 3.8) is 0 Å². The van der Waals surface area contributed by atoms with Crippen LogP contribution in [0.4, 0.5) is 13.2 Å². The molecule has 0 aromatic heterocycles. The number of benzene rings is 2. The highest BCUT2D eigenvalue weighted by molar-refractivity contribution is 5.81. The maximum Gasteiger partial charge on any atom is 0.471 e. The number of phenols is 1. The van der Waals surface area contributed by atoms with Crippen LogP contribution in [0.15, 0.2) is 42.5 Å². The molecule has 2 rings (SSSR count). The summed E-state index contributed by atoms with van der Waals surface area (Å²) in [7, 11) is 2.87. The summed E-state index contributed by atoms with van der Waals surface area (Å²) < 4.78 is 49.2. The van der Waals surface area contributed by atoms with Gasteiger partial charge >= 0.3 is 12.1 Å². The molecule has 0 atom stereocenters. The number of amides is 1. The number of carbonyl (C=O) groups is 1. The molecule has 0 saturated heterocycles. The number of carbonyl (C=O) groups excluding carboxylic acids is 1. The Hall–Kier alpha value is -2.90. The first-order chi connectivity index (χ1) is 12.7. The molecule has 0 heterocycles. The Labute approximate surface area is 154 Å². The van der Waals surface area contributed by atoms with Gasteiger partial charge in [0.05, 0.1) is 14.2 Å². The zero-order valence-electron chi connectivity index (χ0n) is 14.9. The molecule has 27 heavy (non-hydrogen) atoms. The number of phenolic OH excluding ortho intramolecular Hbond substituents is 1. The number of alkyl halides is 3. The van der Waals surface area contributed by atoms with Crippen molar-refractivity contribution in [1.82, 2.24) is 4.90 Å². The smallest absolute Gasteiger partial charge is 0.471 e. The first kappa shape index (κ1) is 20.4. The molecule has 146 valence electrons. The summed E-state index contributed by atoms with van der Waals surface area (Å²) in [6, 6.07) is 10.8. The van der Waals surface area contributed by atoms with Gasteiger partial charge in [0.25, 0.3) is 0 Å². The Morgan fingerprint density at radius 3 is 2.15 bits per heavy atom. The normalized spacial score (nSPS) is 11.1. The van der Waals surface area contributed by atoms with Crippen LogP contribution in [0.3, 0.4) is 0 Å². The van der Waals surface area contributed by atoms with Crippen molar-refractivity contribution in [3.05, 3.63) is 53.6 Å². The van der Waals surface area contributed by atoms with Gasteiger partial charge < -0.3 is 19.5 Å². The van der Waals surface area contributed by atoms with E-state index >= 15 is 0 Å². The van der Waals surface area contributed by atoms with E-state index in [-0.39, 0.29) is 25.3 Å². The van der Waals surface area contributed by atoms with Gasteiger partial charge in [-0.3, -0.25) is 4.79 Å². The van der Waals surface area contributed by atoms with E-state index in [2.05, 4.69) is 0 Å². The molecule has 0 aliphatic carbocycles. The summed E-state index contributed by atoms with van der Waals surface area (Å²) >= 11 is 0. The maximum atomic E-state index is 13.0. The molecule has 0 spiro atoms. The largest absolute Gasteiger partial charge is 0.508 e. The van der Waals surface area contributed by atoms with E-state index in [0.717, 1.165) is 4.90 Å². The molecule has 0 unspecified atom stereocenters. The minimum atomic E-state index is -4.97. The molecule has 2 aromatic carbocycles. The standard InChI is InChI=1S/C19H20F3NO4/c1-26-16-8-5-14(11-17(16)27-2)12-23(18(25)19(20,21)22)10-9-13-3-6-15(24)7-4-13/h3-8,11,24H,9-10,12H2,1-2H3. The van der Waals surface area contributed by atoms with Gasteiger partial charge in [-0.05, 0) is 41.8 Å². The third kappa shape index (κ3) is 5.54. The van der Waals surface area contributed by atoms with E-state index in [1.54, 1.807) is 24.3 Å². The Balaban J connectivity index is 2.19. The quantitative estimate of drug-likeness (QED) is 0.795. The van der Waals surface area contributed by atoms with Crippen molar-refractivity contribution in [2.45, 2.75) is 19.1 Å². The minimum absolute atomic E-state index is 0.0623. The van der Waals surface area contributed by atoms with Gasteiger partial charge in [0, 0.05) is 13.1 Å². The van der Waals surface area contributed by atoms with Gasteiger partial charge in [0.1, 0.15) is 5.75 Å². The van der Waals surface area contributed by atoms with E-state index in [0.29, 0.717) is 22.6 Å². The highest BCUT2D eigenvalue weighted by Crippen LogP contribution is 2.29. The number of nitrogens with zero attached hydrogens (tertiary/aromatic N) is 1.